The summed E-state index contributed by atoms with van der Waals surface area (Å²) in [6.45, 7) is 0.236. The van der Waals surface area contributed by atoms with Crippen molar-refractivity contribution in [2.75, 3.05) is 26.7 Å². The number of hydrogen-bond donors (Lipinski definition) is 1. The minimum atomic E-state index is -4.17. The zero-order valence-corrected chi connectivity index (χ0v) is 9.67. The van der Waals surface area contributed by atoms with Crippen LogP contribution in [-0.2, 0) is 6.54 Å². The first-order valence-corrected chi connectivity index (χ1v) is 5.34. The Hall–Kier alpha value is -1.14. The molecule has 1 aromatic heterocycles. The molecule has 0 atom stereocenters. The van der Waals surface area contributed by atoms with Crippen molar-refractivity contribution in [2.45, 2.75) is 12.7 Å². The average Bonchev–Trinajstić information content (AvgIpc) is 2.25. The van der Waals surface area contributed by atoms with E-state index in [1.807, 2.05) is 0 Å². The van der Waals surface area contributed by atoms with Crippen LogP contribution in [0.3, 0.4) is 0 Å². The molecule has 0 fully saturated rings. The van der Waals surface area contributed by atoms with Crippen molar-refractivity contribution in [2.24, 2.45) is 0 Å². The smallest absolute Gasteiger partial charge is 0.318 e. The standard InChI is InChI=1S/C11H16F3N3/c1-15-5-6-17(9-11(12,13)14)8-10-3-2-4-16-7-10/h2-4,7,15H,5-6,8-9H2,1H3. The summed E-state index contributed by atoms with van der Waals surface area (Å²) in [6.07, 6.45) is -0.982. The van der Waals surface area contributed by atoms with Crippen molar-refractivity contribution in [1.29, 1.82) is 0 Å². The highest BCUT2D eigenvalue weighted by molar-refractivity contribution is 5.08. The Balaban J connectivity index is 2.57. The second kappa shape index (κ2) is 6.56. The number of hydrogen-bond acceptors (Lipinski definition) is 3. The fraction of sp³-hybridized carbons (Fsp3) is 0.545. The highest BCUT2D eigenvalue weighted by Gasteiger charge is 2.30. The molecule has 0 unspecified atom stereocenters. The summed E-state index contributed by atoms with van der Waals surface area (Å²) in [7, 11) is 1.72. The summed E-state index contributed by atoms with van der Waals surface area (Å²) < 4.78 is 37.1. The van der Waals surface area contributed by atoms with Crippen LogP contribution >= 0.6 is 0 Å². The zero-order chi connectivity index (χ0) is 12.7. The SMILES string of the molecule is CNCCN(Cc1cccnc1)CC(F)(F)F. The summed E-state index contributed by atoms with van der Waals surface area (Å²) in [5, 5.41) is 2.85. The molecule has 17 heavy (non-hydrogen) atoms. The van der Waals surface area contributed by atoms with Gasteiger partial charge in [0, 0.05) is 32.0 Å². The molecule has 0 amide bonds. The van der Waals surface area contributed by atoms with Crippen LogP contribution in [0, 0.1) is 0 Å². The van der Waals surface area contributed by atoms with Gasteiger partial charge >= 0.3 is 6.18 Å². The Labute approximate surface area is 98.6 Å². The van der Waals surface area contributed by atoms with Gasteiger partial charge in [0.25, 0.3) is 0 Å². The average molecular weight is 247 g/mol. The van der Waals surface area contributed by atoms with Gasteiger partial charge in [0.1, 0.15) is 0 Å². The maximum absolute atomic E-state index is 12.4. The molecule has 0 bridgehead atoms. The van der Waals surface area contributed by atoms with E-state index in [1.165, 1.54) is 4.90 Å². The number of halogens is 3. The molecule has 0 aromatic carbocycles. The van der Waals surface area contributed by atoms with Crippen LogP contribution in [0.1, 0.15) is 5.56 Å². The van der Waals surface area contributed by atoms with E-state index in [-0.39, 0.29) is 6.54 Å². The maximum Gasteiger partial charge on any atom is 0.401 e. The molecule has 0 saturated heterocycles. The first-order valence-electron chi connectivity index (χ1n) is 5.34. The van der Waals surface area contributed by atoms with E-state index in [4.69, 9.17) is 0 Å². The lowest BCUT2D eigenvalue weighted by molar-refractivity contribution is -0.146. The van der Waals surface area contributed by atoms with E-state index < -0.39 is 12.7 Å². The van der Waals surface area contributed by atoms with E-state index in [2.05, 4.69) is 10.3 Å². The largest absolute Gasteiger partial charge is 0.401 e. The number of pyridine rings is 1. The Morgan fingerprint density at radius 1 is 1.41 bits per heavy atom. The Morgan fingerprint density at radius 3 is 2.71 bits per heavy atom. The normalized spacial score (nSPS) is 12.1. The molecule has 0 aliphatic heterocycles. The van der Waals surface area contributed by atoms with Crippen molar-refractivity contribution in [3.8, 4) is 0 Å². The summed E-state index contributed by atoms with van der Waals surface area (Å²) >= 11 is 0. The summed E-state index contributed by atoms with van der Waals surface area (Å²) in [6, 6.07) is 3.49. The van der Waals surface area contributed by atoms with Gasteiger partial charge in [0.05, 0.1) is 6.54 Å². The first kappa shape index (κ1) is 13.9. The van der Waals surface area contributed by atoms with Crippen molar-refractivity contribution in [3.05, 3.63) is 30.1 Å². The summed E-state index contributed by atoms with van der Waals surface area (Å²) in [5.74, 6) is 0. The minimum absolute atomic E-state index is 0.259. The van der Waals surface area contributed by atoms with E-state index in [9.17, 15) is 13.2 Å². The quantitative estimate of drug-likeness (QED) is 0.828. The van der Waals surface area contributed by atoms with Gasteiger partial charge in [0.15, 0.2) is 0 Å². The molecule has 1 rings (SSSR count). The fourth-order valence-electron chi connectivity index (χ4n) is 1.49. The van der Waals surface area contributed by atoms with E-state index in [1.54, 1.807) is 31.6 Å². The predicted octanol–water partition coefficient (Wildman–Crippen LogP) is 1.67. The van der Waals surface area contributed by atoms with Crippen LogP contribution in [0.5, 0.6) is 0 Å². The lowest BCUT2D eigenvalue weighted by Gasteiger charge is -2.23. The molecule has 0 spiro atoms. The zero-order valence-electron chi connectivity index (χ0n) is 9.67. The third-order valence-electron chi connectivity index (χ3n) is 2.21. The van der Waals surface area contributed by atoms with Crippen molar-refractivity contribution in [1.82, 2.24) is 15.2 Å². The van der Waals surface area contributed by atoms with Gasteiger partial charge in [-0.2, -0.15) is 13.2 Å². The third kappa shape index (κ3) is 6.23. The number of nitrogens with zero attached hydrogens (tertiary/aromatic N) is 2. The van der Waals surface area contributed by atoms with Gasteiger partial charge in [0.2, 0.25) is 0 Å². The van der Waals surface area contributed by atoms with Crippen LogP contribution in [0.15, 0.2) is 24.5 Å². The van der Waals surface area contributed by atoms with Gasteiger partial charge in [-0.15, -0.1) is 0 Å². The highest BCUT2D eigenvalue weighted by atomic mass is 19.4. The minimum Gasteiger partial charge on any atom is -0.318 e. The number of likely N-dealkylation sites (N-methyl/N-ethyl adjacent to an activating group) is 1. The van der Waals surface area contributed by atoms with Gasteiger partial charge in [-0.25, -0.2) is 0 Å². The van der Waals surface area contributed by atoms with Gasteiger partial charge in [-0.3, -0.25) is 9.88 Å². The van der Waals surface area contributed by atoms with Gasteiger partial charge in [-0.1, -0.05) is 6.07 Å². The molecule has 1 heterocycles. The van der Waals surface area contributed by atoms with Gasteiger partial charge in [-0.05, 0) is 18.7 Å². The number of rotatable bonds is 6. The summed E-state index contributed by atoms with van der Waals surface area (Å²) in [5.41, 5.74) is 0.785. The van der Waals surface area contributed by atoms with E-state index >= 15 is 0 Å². The number of nitrogens with one attached hydrogen (secondary N) is 1. The van der Waals surface area contributed by atoms with Crippen molar-refractivity contribution < 1.29 is 13.2 Å². The van der Waals surface area contributed by atoms with Crippen LogP contribution in [0.25, 0.3) is 0 Å². The molecule has 6 heteroatoms. The molecule has 3 nitrogen and oxygen atoms in total. The number of aromatic nitrogens is 1. The second-order valence-corrected chi connectivity index (χ2v) is 3.79. The molecule has 0 saturated carbocycles. The Bertz CT molecular complexity index is 313. The summed E-state index contributed by atoms with van der Waals surface area (Å²) in [4.78, 5) is 5.25. The lowest BCUT2D eigenvalue weighted by Crippen LogP contribution is -2.37. The van der Waals surface area contributed by atoms with Crippen molar-refractivity contribution in [3.63, 3.8) is 0 Å². The van der Waals surface area contributed by atoms with Crippen molar-refractivity contribution >= 4 is 0 Å². The van der Waals surface area contributed by atoms with Gasteiger partial charge < -0.3 is 5.32 Å². The molecule has 96 valence electrons. The Morgan fingerprint density at radius 2 is 2.18 bits per heavy atom. The second-order valence-electron chi connectivity index (χ2n) is 3.79. The fourth-order valence-corrected chi connectivity index (χ4v) is 1.49. The maximum atomic E-state index is 12.4. The molecule has 1 aromatic rings. The highest BCUT2D eigenvalue weighted by Crippen LogP contribution is 2.17. The van der Waals surface area contributed by atoms with Crippen LogP contribution < -0.4 is 5.32 Å². The lowest BCUT2D eigenvalue weighted by atomic mass is 10.2. The number of alkyl halides is 3. The van der Waals surface area contributed by atoms with Crippen LogP contribution in [0.2, 0.25) is 0 Å². The molecule has 0 radical (unpaired) electrons. The monoisotopic (exact) mass is 247 g/mol. The van der Waals surface area contributed by atoms with Crippen LogP contribution in [0.4, 0.5) is 13.2 Å². The molecular weight excluding hydrogens is 231 g/mol. The van der Waals surface area contributed by atoms with E-state index in [0.717, 1.165) is 5.56 Å². The Kier molecular flexibility index (Phi) is 5.37. The van der Waals surface area contributed by atoms with Crippen LogP contribution in [-0.4, -0.2) is 42.7 Å². The first-order chi connectivity index (χ1) is 8.01. The molecule has 0 aliphatic rings. The molecule has 0 aliphatic carbocycles. The molecular formula is C11H16F3N3. The third-order valence-corrected chi connectivity index (χ3v) is 2.21. The topological polar surface area (TPSA) is 28.2 Å². The molecule has 1 N–H and O–H groups in total. The predicted molar refractivity (Wildman–Crippen MR) is 59.5 cm³/mol. The van der Waals surface area contributed by atoms with E-state index in [0.29, 0.717) is 13.1 Å².